The summed E-state index contributed by atoms with van der Waals surface area (Å²) in [7, 11) is 0. The van der Waals surface area contributed by atoms with E-state index >= 15 is 0 Å². The minimum absolute atomic E-state index is 0.0100. The van der Waals surface area contributed by atoms with Gasteiger partial charge in [0.25, 0.3) is 5.56 Å². The minimum Gasteiger partial charge on any atom is -0.508 e. The van der Waals surface area contributed by atoms with Crippen LogP contribution in [0.2, 0.25) is 0 Å². The lowest BCUT2D eigenvalue weighted by molar-refractivity contribution is -0.139. The highest BCUT2D eigenvalue weighted by atomic mass is 32.2. The van der Waals surface area contributed by atoms with E-state index in [1.807, 2.05) is 4.98 Å². The Bertz CT molecular complexity index is 2010. The van der Waals surface area contributed by atoms with Crippen LogP contribution in [0, 0.1) is 0 Å². The molecule has 4 rings (SSSR count). The van der Waals surface area contributed by atoms with E-state index in [2.05, 4.69) is 26.6 Å². The molecule has 1 saturated heterocycles. The molecule has 2 heterocycles. The maximum Gasteiger partial charge on any atom is 0.330 e. The van der Waals surface area contributed by atoms with Gasteiger partial charge in [-0.05, 0) is 60.2 Å². The Hall–Kier alpha value is -5.94. The van der Waals surface area contributed by atoms with Crippen molar-refractivity contribution in [2.24, 2.45) is 5.73 Å². The number of carbonyl (C=O) groups is 5. The Morgan fingerprint density at radius 1 is 0.810 bits per heavy atom. The minimum atomic E-state index is -1.66. The number of ether oxygens (including phenoxy) is 1. The van der Waals surface area contributed by atoms with E-state index in [9.17, 15) is 59.1 Å². The lowest BCUT2D eigenvalue weighted by Gasteiger charge is -2.25. The largest absolute Gasteiger partial charge is 0.508 e. The Kier molecular flexibility index (Phi) is 16.2. The number of carbonyl (C=O) groups excluding carboxylic acids is 4. The number of aromatic amines is 1. The average Bonchev–Trinajstić information content (AvgIpc) is 3.46. The summed E-state index contributed by atoms with van der Waals surface area (Å²) in [5, 5.41) is 62.4. The number of nitrogens with zero attached hydrogens (tertiary/aromatic N) is 1. The van der Waals surface area contributed by atoms with E-state index in [1.54, 1.807) is 18.4 Å². The number of rotatable bonds is 19. The van der Waals surface area contributed by atoms with Crippen LogP contribution >= 0.6 is 11.8 Å². The van der Waals surface area contributed by atoms with E-state index in [0.717, 1.165) is 16.8 Å². The number of aliphatic hydroxyl groups is 2. The van der Waals surface area contributed by atoms with Gasteiger partial charge >= 0.3 is 17.7 Å². The van der Waals surface area contributed by atoms with Crippen molar-refractivity contribution in [1.82, 2.24) is 36.1 Å². The molecule has 2 aromatic carbocycles. The van der Waals surface area contributed by atoms with Crippen molar-refractivity contribution in [3.05, 3.63) is 92.8 Å². The van der Waals surface area contributed by atoms with Crippen molar-refractivity contribution in [3.63, 3.8) is 0 Å². The maximum absolute atomic E-state index is 13.7. The molecule has 0 bridgehead atoms. The predicted octanol–water partition coefficient (Wildman–Crippen LogP) is -3.03. The molecule has 0 spiro atoms. The quantitative estimate of drug-likeness (QED) is 0.0572. The Balaban J connectivity index is 1.47. The lowest BCUT2D eigenvalue weighted by Crippen LogP contribution is -2.60. The van der Waals surface area contributed by atoms with Crippen molar-refractivity contribution in [2.75, 3.05) is 25.1 Å². The topological polar surface area (TPSA) is 337 Å². The second-order valence-electron chi connectivity index (χ2n) is 13.3. The van der Waals surface area contributed by atoms with Gasteiger partial charge in [0.05, 0.1) is 6.04 Å². The summed E-state index contributed by atoms with van der Waals surface area (Å²) in [5.41, 5.74) is 5.57. The number of aromatic hydroxyl groups is 2. The summed E-state index contributed by atoms with van der Waals surface area (Å²) in [6.07, 6.45) is -3.30. The summed E-state index contributed by atoms with van der Waals surface area (Å²) < 4.78 is 6.49. The van der Waals surface area contributed by atoms with Crippen molar-refractivity contribution in [2.45, 2.75) is 68.0 Å². The summed E-state index contributed by atoms with van der Waals surface area (Å²) in [5.74, 6) is -3.57. The first kappa shape index (κ1) is 44.8. The number of carboxylic acids is 1. The van der Waals surface area contributed by atoms with Crippen molar-refractivity contribution in [3.8, 4) is 11.5 Å². The second-order valence-corrected chi connectivity index (χ2v) is 14.3. The molecule has 0 saturated carbocycles. The molecule has 0 unspecified atom stereocenters. The first-order chi connectivity index (χ1) is 27.6. The maximum atomic E-state index is 13.7. The molecule has 1 fully saturated rings. The van der Waals surface area contributed by atoms with Crippen LogP contribution in [0.15, 0.2) is 70.4 Å². The van der Waals surface area contributed by atoms with Crippen molar-refractivity contribution >= 4 is 41.5 Å². The van der Waals surface area contributed by atoms with Gasteiger partial charge in [0, 0.05) is 31.8 Å². The molecule has 5 amide bonds. The summed E-state index contributed by atoms with van der Waals surface area (Å²) in [6, 6.07) is 6.24. The first-order valence-electron chi connectivity index (χ1n) is 17.8. The molecule has 22 heteroatoms. The fourth-order valence-electron chi connectivity index (χ4n) is 5.80. The number of urea groups is 1. The van der Waals surface area contributed by atoms with Crippen LogP contribution in [-0.2, 0) is 36.8 Å². The fraction of sp³-hybridized carbons (Fsp3) is 0.417. The second kappa shape index (κ2) is 21.0. The molecular weight excluding hydrogens is 785 g/mol. The number of amides is 5. The van der Waals surface area contributed by atoms with Crippen LogP contribution in [0.1, 0.15) is 23.8 Å². The number of hydrogen-bond donors (Lipinski definition) is 12. The number of carboxylic acid groups (broad SMARTS) is 1. The molecule has 21 nitrogen and oxygen atoms in total. The van der Waals surface area contributed by atoms with E-state index in [1.165, 1.54) is 48.2 Å². The molecule has 8 atom stereocenters. The monoisotopic (exact) mass is 830 g/mol. The van der Waals surface area contributed by atoms with Crippen LogP contribution in [0.3, 0.4) is 0 Å². The molecule has 1 aromatic heterocycles. The van der Waals surface area contributed by atoms with E-state index in [0.29, 0.717) is 16.9 Å². The zero-order chi connectivity index (χ0) is 42.5. The highest BCUT2D eigenvalue weighted by molar-refractivity contribution is 7.98. The van der Waals surface area contributed by atoms with Crippen LogP contribution in [0.25, 0.3) is 0 Å². The predicted molar refractivity (Wildman–Crippen MR) is 207 cm³/mol. The number of benzene rings is 2. The van der Waals surface area contributed by atoms with E-state index < -0.39 is 103 Å². The summed E-state index contributed by atoms with van der Waals surface area (Å²) in [6.45, 7) is -0.999. The number of nitrogens with one attached hydrogen (secondary N) is 6. The first-order valence-corrected chi connectivity index (χ1v) is 19.2. The zero-order valence-corrected chi connectivity index (χ0v) is 31.9. The van der Waals surface area contributed by atoms with Gasteiger partial charge in [-0.25, -0.2) is 14.4 Å². The number of aliphatic carboxylic acids is 1. The van der Waals surface area contributed by atoms with Crippen LogP contribution in [0.5, 0.6) is 11.5 Å². The van der Waals surface area contributed by atoms with Crippen LogP contribution in [0.4, 0.5) is 4.79 Å². The normalized spacial score (nSPS) is 19.5. The van der Waals surface area contributed by atoms with E-state index in [4.69, 9.17) is 10.5 Å². The van der Waals surface area contributed by atoms with Gasteiger partial charge in [0.15, 0.2) is 6.23 Å². The Morgan fingerprint density at radius 3 is 2.00 bits per heavy atom. The van der Waals surface area contributed by atoms with Gasteiger partial charge in [-0.1, -0.05) is 24.3 Å². The molecule has 58 heavy (non-hydrogen) atoms. The van der Waals surface area contributed by atoms with Gasteiger partial charge in [-0.2, -0.15) is 11.8 Å². The van der Waals surface area contributed by atoms with Crippen molar-refractivity contribution in [1.29, 1.82) is 0 Å². The number of H-pyrrole nitrogens is 1. The number of thioether (sulfide) groups is 1. The molecule has 13 N–H and O–H groups in total. The summed E-state index contributed by atoms with van der Waals surface area (Å²) >= 11 is 1.34. The molecule has 0 radical (unpaired) electrons. The number of hydrogen-bond acceptors (Lipinski definition) is 14. The fourth-order valence-corrected chi connectivity index (χ4v) is 6.28. The van der Waals surface area contributed by atoms with Gasteiger partial charge in [-0.15, -0.1) is 0 Å². The third-order valence-corrected chi connectivity index (χ3v) is 9.64. The number of aliphatic hydroxyl groups excluding tert-OH is 2. The highest BCUT2D eigenvalue weighted by Crippen LogP contribution is 2.28. The third kappa shape index (κ3) is 12.8. The van der Waals surface area contributed by atoms with Gasteiger partial charge in [0.2, 0.25) is 17.7 Å². The van der Waals surface area contributed by atoms with Gasteiger partial charge in [0.1, 0.15) is 47.9 Å². The third-order valence-electron chi connectivity index (χ3n) is 8.99. The number of phenols is 2. The standard InChI is InChI=1S/C36H46N8O13S/c1-58-13-11-23(41-35(55)42-24(34(53)54)15-19-4-8-21(46)9-5-19)32(52)40-25(16-38-30(50)22(37)14-18-2-6-20(45)7-3-18)31(51)39-17-26-28(48)29(49)33(57-26)44-12-10-27(47)43-36(44)56/h2-10,12,22-26,28-29,33,45-46,48-49H,11,13-17,37H2,1H3,(H,38,50)(H,39,51)(H,40,52)(H,53,54)(H2,41,42,55)(H,43,47,56)/t22-,23-,24+,25-,26+,28+,29+,33+/m0/s1. The SMILES string of the molecule is CSCC[C@H](NC(=O)N[C@H](Cc1ccc(O)cc1)C(=O)O)C(=O)N[C@@H](CNC(=O)[C@@H](N)Cc1ccc(O)cc1)C(=O)NC[C@H]1O[C@@H](n2ccc(=O)[nH]c2=O)[C@H](O)[C@@H]1O. The number of phenolic OH excluding ortho intramolecular Hbond substituents is 2. The molecule has 314 valence electrons. The van der Waals surface area contributed by atoms with Crippen LogP contribution in [-0.4, -0.2) is 132 Å². The smallest absolute Gasteiger partial charge is 0.330 e. The number of aromatic nitrogens is 2. The molecule has 1 aliphatic rings. The molecular formula is C36H46N8O13S. The molecule has 1 aliphatic heterocycles. The van der Waals surface area contributed by atoms with Gasteiger partial charge in [-0.3, -0.25) is 28.7 Å². The van der Waals surface area contributed by atoms with Gasteiger partial charge < -0.3 is 62.6 Å². The summed E-state index contributed by atoms with van der Waals surface area (Å²) in [4.78, 5) is 91.2. The lowest BCUT2D eigenvalue weighted by atomic mass is 10.1. The molecule has 3 aromatic rings. The Morgan fingerprint density at radius 2 is 1.41 bits per heavy atom. The highest BCUT2D eigenvalue weighted by Gasteiger charge is 2.44. The van der Waals surface area contributed by atoms with E-state index in [-0.39, 0.29) is 30.8 Å². The Labute approximate surface area is 334 Å². The molecule has 0 aliphatic carbocycles. The van der Waals surface area contributed by atoms with Crippen molar-refractivity contribution < 1.29 is 54.2 Å². The average molecular weight is 831 g/mol. The zero-order valence-electron chi connectivity index (χ0n) is 31.1. The number of nitrogens with two attached hydrogens (primary N) is 1. The van der Waals surface area contributed by atoms with Crippen LogP contribution < -0.4 is 43.6 Å².